The molecular weight excluding hydrogens is 378 g/mol. The van der Waals surface area contributed by atoms with Crippen LogP contribution >= 0.6 is 23.4 Å². The number of ether oxygens (including phenoxy) is 1. The number of amides is 1. The summed E-state index contributed by atoms with van der Waals surface area (Å²) < 4.78 is 5.12. The second-order valence-corrected chi connectivity index (χ2v) is 7.56. The van der Waals surface area contributed by atoms with E-state index in [0.717, 1.165) is 5.75 Å². The molecule has 0 aromatic heterocycles. The van der Waals surface area contributed by atoms with Crippen LogP contribution in [0.5, 0.6) is 5.75 Å². The smallest absolute Gasteiger partial charge is 0.255 e. The second-order valence-electron chi connectivity index (χ2n) is 6.10. The fourth-order valence-electron chi connectivity index (χ4n) is 2.50. The lowest BCUT2D eigenvalue weighted by atomic mass is 10.1. The number of methoxy groups -OCH3 is 1. The number of rotatable bonds is 6. The lowest BCUT2D eigenvalue weighted by Gasteiger charge is -2.09. The molecule has 0 aliphatic heterocycles. The van der Waals surface area contributed by atoms with Gasteiger partial charge in [0.15, 0.2) is 0 Å². The summed E-state index contributed by atoms with van der Waals surface area (Å²) in [4.78, 5) is 13.6. The van der Waals surface area contributed by atoms with Crippen molar-refractivity contribution in [3.63, 3.8) is 0 Å². The maximum atomic E-state index is 12.4. The van der Waals surface area contributed by atoms with E-state index in [2.05, 4.69) is 36.5 Å². The first kappa shape index (κ1) is 19.3. The van der Waals surface area contributed by atoms with Crippen LogP contribution in [0.25, 0.3) is 0 Å². The Labute approximate surface area is 168 Å². The van der Waals surface area contributed by atoms with Gasteiger partial charge in [0.2, 0.25) is 0 Å². The van der Waals surface area contributed by atoms with E-state index < -0.39 is 0 Å². The van der Waals surface area contributed by atoms with Crippen molar-refractivity contribution >= 4 is 35.0 Å². The summed E-state index contributed by atoms with van der Waals surface area (Å²) in [6.45, 7) is 2.08. The number of benzene rings is 3. The summed E-state index contributed by atoms with van der Waals surface area (Å²) in [6.07, 6.45) is 0. The normalized spacial score (nSPS) is 10.5. The Bertz CT molecular complexity index is 924. The van der Waals surface area contributed by atoms with Gasteiger partial charge in [-0.1, -0.05) is 41.4 Å². The number of hydrogen-bond acceptors (Lipinski definition) is 3. The van der Waals surface area contributed by atoms with E-state index in [-0.39, 0.29) is 5.91 Å². The van der Waals surface area contributed by atoms with Crippen LogP contribution < -0.4 is 10.1 Å². The Morgan fingerprint density at radius 2 is 1.74 bits per heavy atom. The van der Waals surface area contributed by atoms with E-state index in [4.69, 9.17) is 16.3 Å². The Kier molecular flexibility index (Phi) is 6.43. The average Bonchev–Trinajstić information content (AvgIpc) is 2.68. The van der Waals surface area contributed by atoms with E-state index in [9.17, 15) is 4.79 Å². The highest BCUT2D eigenvalue weighted by Crippen LogP contribution is 2.27. The summed E-state index contributed by atoms with van der Waals surface area (Å²) in [6, 6.07) is 21.3. The molecule has 3 aromatic carbocycles. The van der Waals surface area contributed by atoms with Crippen molar-refractivity contribution in [3.8, 4) is 5.75 Å². The van der Waals surface area contributed by atoms with Gasteiger partial charge in [0, 0.05) is 21.9 Å². The number of aryl methyl sites for hydroxylation is 1. The summed E-state index contributed by atoms with van der Waals surface area (Å²) in [7, 11) is 1.55. The summed E-state index contributed by atoms with van der Waals surface area (Å²) >= 11 is 7.87. The van der Waals surface area contributed by atoms with E-state index in [1.807, 2.05) is 24.3 Å². The van der Waals surface area contributed by atoms with Crippen molar-refractivity contribution in [2.75, 3.05) is 12.4 Å². The van der Waals surface area contributed by atoms with Gasteiger partial charge in [0.1, 0.15) is 5.75 Å². The lowest BCUT2D eigenvalue weighted by Crippen LogP contribution is -2.11. The molecule has 0 unspecified atom stereocenters. The van der Waals surface area contributed by atoms with Gasteiger partial charge in [-0.15, -0.1) is 11.8 Å². The zero-order chi connectivity index (χ0) is 19.2. The predicted molar refractivity (Wildman–Crippen MR) is 113 cm³/mol. The molecule has 1 amide bonds. The number of halogens is 1. The molecule has 0 spiro atoms. The van der Waals surface area contributed by atoms with E-state index in [1.165, 1.54) is 16.0 Å². The highest BCUT2D eigenvalue weighted by Gasteiger charge is 2.08. The minimum absolute atomic E-state index is 0.172. The van der Waals surface area contributed by atoms with Crippen molar-refractivity contribution < 1.29 is 9.53 Å². The molecular formula is C22H20ClNO2S. The number of thioether (sulfide) groups is 1. The second kappa shape index (κ2) is 8.98. The van der Waals surface area contributed by atoms with Crippen LogP contribution in [0.15, 0.2) is 71.6 Å². The van der Waals surface area contributed by atoms with Gasteiger partial charge in [0.05, 0.1) is 12.1 Å². The van der Waals surface area contributed by atoms with Gasteiger partial charge in [0.25, 0.3) is 5.91 Å². The molecule has 0 heterocycles. The fourth-order valence-corrected chi connectivity index (χ4v) is 3.61. The summed E-state index contributed by atoms with van der Waals surface area (Å²) in [5.74, 6) is 1.26. The highest BCUT2D eigenvalue weighted by atomic mass is 35.5. The Hall–Kier alpha value is -2.43. The summed E-state index contributed by atoms with van der Waals surface area (Å²) in [5, 5.41) is 3.31. The maximum absolute atomic E-state index is 12.4. The molecule has 0 saturated carbocycles. The molecule has 0 atom stereocenters. The first-order valence-electron chi connectivity index (χ1n) is 8.48. The average molecular weight is 398 g/mol. The molecule has 27 heavy (non-hydrogen) atoms. The van der Waals surface area contributed by atoms with Gasteiger partial charge in [-0.2, -0.15) is 0 Å². The van der Waals surface area contributed by atoms with Crippen molar-refractivity contribution in [1.82, 2.24) is 0 Å². The third-order valence-electron chi connectivity index (χ3n) is 4.05. The zero-order valence-corrected chi connectivity index (χ0v) is 16.7. The van der Waals surface area contributed by atoms with E-state index in [1.54, 1.807) is 37.1 Å². The lowest BCUT2D eigenvalue weighted by molar-refractivity contribution is 0.102. The molecule has 0 bridgehead atoms. The molecule has 0 fully saturated rings. The van der Waals surface area contributed by atoms with Gasteiger partial charge in [-0.25, -0.2) is 0 Å². The van der Waals surface area contributed by atoms with Gasteiger partial charge >= 0.3 is 0 Å². The fraction of sp³-hybridized carbons (Fsp3) is 0.136. The maximum Gasteiger partial charge on any atom is 0.255 e. The Balaban J connectivity index is 1.59. The molecule has 3 nitrogen and oxygen atoms in total. The molecule has 0 radical (unpaired) electrons. The molecule has 1 N–H and O–H groups in total. The first-order valence-corrected chi connectivity index (χ1v) is 9.85. The predicted octanol–water partition coefficient (Wildman–Crippen LogP) is 6.20. The number of anilines is 1. The minimum atomic E-state index is -0.172. The molecule has 3 aromatic rings. The van der Waals surface area contributed by atoms with Gasteiger partial charge in [-0.05, 0) is 55.0 Å². The SMILES string of the molecule is COc1ccc(NC(=O)c2ccc(CSc3ccc(C)cc3)cc2)cc1Cl. The van der Waals surface area contributed by atoms with Crippen LogP contribution in [-0.2, 0) is 5.75 Å². The van der Waals surface area contributed by atoms with Crippen molar-refractivity contribution in [2.24, 2.45) is 0 Å². The number of carbonyl (C=O) groups excluding carboxylic acids is 1. The van der Waals surface area contributed by atoms with Crippen molar-refractivity contribution in [1.29, 1.82) is 0 Å². The van der Waals surface area contributed by atoms with Gasteiger partial charge in [-0.3, -0.25) is 4.79 Å². The number of hydrogen-bond donors (Lipinski definition) is 1. The molecule has 0 aliphatic rings. The largest absolute Gasteiger partial charge is 0.495 e. The third-order valence-corrected chi connectivity index (χ3v) is 5.43. The van der Waals surface area contributed by atoms with Gasteiger partial charge < -0.3 is 10.1 Å². The Morgan fingerprint density at radius 1 is 1.04 bits per heavy atom. The molecule has 0 saturated heterocycles. The van der Waals surface area contributed by atoms with Crippen LogP contribution in [-0.4, -0.2) is 13.0 Å². The van der Waals surface area contributed by atoms with Crippen LogP contribution in [0, 0.1) is 6.92 Å². The topological polar surface area (TPSA) is 38.3 Å². The highest BCUT2D eigenvalue weighted by molar-refractivity contribution is 7.98. The van der Waals surface area contributed by atoms with Crippen LogP contribution in [0.1, 0.15) is 21.5 Å². The minimum Gasteiger partial charge on any atom is -0.495 e. The van der Waals surface area contributed by atoms with Crippen LogP contribution in [0.3, 0.4) is 0 Å². The van der Waals surface area contributed by atoms with Crippen LogP contribution in [0.4, 0.5) is 5.69 Å². The molecule has 3 rings (SSSR count). The third kappa shape index (κ3) is 5.28. The first-order chi connectivity index (χ1) is 13.0. The molecule has 0 aliphatic carbocycles. The number of carbonyl (C=O) groups is 1. The quantitative estimate of drug-likeness (QED) is 0.503. The van der Waals surface area contributed by atoms with Crippen LogP contribution in [0.2, 0.25) is 5.02 Å². The standard InChI is InChI=1S/C22H20ClNO2S/c1-15-3-10-19(11-4-15)27-14-16-5-7-17(8-6-16)22(25)24-18-9-12-21(26-2)20(23)13-18/h3-13H,14H2,1-2H3,(H,24,25). The molecule has 5 heteroatoms. The van der Waals surface area contributed by atoms with Crippen molar-refractivity contribution in [3.05, 3.63) is 88.4 Å². The zero-order valence-electron chi connectivity index (χ0n) is 15.2. The molecule has 138 valence electrons. The Morgan fingerprint density at radius 3 is 2.37 bits per heavy atom. The summed E-state index contributed by atoms with van der Waals surface area (Å²) in [5.41, 5.74) is 3.66. The van der Waals surface area contributed by atoms with E-state index >= 15 is 0 Å². The monoisotopic (exact) mass is 397 g/mol. The number of nitrogens with one attached hydrogen (secondary N) is 1. The van der Waals surface area contributed by atoms with Crippen molar-refractivity contribution in [2.45, 2.75) is 17.6 Å². The van der Waals surface area contributed by atoms with E-state index in [0.29, 0.717) is 22.0 Å².